The van der Waals surface area contributed by atoms with Gasteiger partial charge in [0.05, 0.1) is 12.7 Å². The Balaban J connectivity index is 1.83. The molecule has 2 saturated carbocycles. The van der Waals surface area contributed by atoms with Gasteiger partial charge < -0.3 is 10.1 Å². The molecule has 1 N–H and O–H groups in total. The molecule has 0 spiro atoms. The van der Waals surface area contributed by atoms with Crippen LogP contribution in [0.2, 0.25) is 0 Å². The van der Waals surface area contributed by atoms with Crippen LogP contribution in [0.3, 0.4) is 0 Å². The lowest BCUT2D eigenvalue weighted by atomic mass is 9.75. The second-order valence-electron chi connectivity index (χ2n) is 7.20. The van der Waals surface area contributed by atoms with Crippen LogP contribution in [0.15, 0.2) is 0 Å². The standard InChI is InChI=1S/C17H33NO/c1-5-18-16(14-7-8-14)11-19-17-10-13(4)6-9-15(17)12(2)3/h12-18H,5-11H2,1-4H3. The van der Waals surface area contributed by atoms with Gasteiger partial charge >= 0.3 is 0 Å². The van der Waals surface area contributed by atoms with Gasteiger partial charge in [0, 0.05) is 6.04 Å². The van der Waals surface area contributed by atoms with E-state index in [1.54, 1.807) is 0 Å². The van der Waals surface area contributed by atoms with Gasteiger partial charge in [-0.3, -0.25) is 0 Å². The largest absolute Gasteiger partial charge is 0.376 e. The Hall–Kier alpha value is -0.0800. The maximum Gasteiger partial charge on any atom is 0.0626 e. The number of nitrogens with one attached hydrogen (secondary N) is 1. The van der Waals surface area contributed by atoms with Crippen LogP contribution < -0.4 is 5.32 Å². The van der Waals surface area contributed by atoms with E-state index in [9.17, 15) is 0 Å². The summed E-state index contributed by atoms with van der Waals surface area (Å²) in [7, 11) is 0. The first-order valence-corrected chi connectivity index (χ1v) is 8.46. The summed E-state index contributed by atoms with van der Waals surface area (Å²) in [6, 6.07) is 0.607. The van der Waals surface area contributed by atoms with E-state index in [0.29, 0.717) is 12.1 Å². The summed E-state index contributed by atoms with van der Waals surface area (Å²) < 4.78 is 6.38. The van der Waals surface area contributed by atoms with Crippen molar-refractivity contribution in [2.24, 2.45) is 23.7 Å². The van der Waals surface area contributed by atoms with Crippen molar-refractivity contribution in [1.82, 2.24) is 5.32 Å². The minimum Gasteiger partial charge on any atom is -0.376 e. The summed E-state index contributed by atoms with van der Waals surface area (Å²) in [5.74, 6) is 3.27. The fourth-order valence-corrected chi connectivity index (χ4v) is 3.66. The van der Waals surface area contributed by atoms with E-state index in [0.717, 1.165) is 36.8 Å². The van der Waals surface area contributed by atoms with Crippen LogP contribution >= 0.6 is 0 Å². The topological polar surface area (TPSA) is 21.3 Å². The molecule has 2 nitrogen and oxygen atoms in total. The molecule has 0 saturated heterocycles. The molecule has 4 atom stereocenters. The molecular weight excluding hydrogens is 234 g/mol. The Labute approximate surface area is 119 Å². The molecule has 2 aliphatic carbocycles. The molecule has 112 valence electrons. The third kappa shape index (κ3) is 4.46. The molecule has 19 heavy (non-hydrogen) atoms. The number of rotatable bonds is 7. The summed E-state index contributed by atoms with van der Waals surface area (Å²) in [5, 5.41) is 3.61. The average molecular weight is 267 g/mol. The van der Waals surface area contributed by atoms with Crippen molar-refractivity contribution in [3.63, 3.8) is 0 Å². The third-order valence-electron chi connectivity index (χ3n) is 5.11. The van der Waals surface area contributed by atoms with Crippen LogP contribution in [-0.4, -0.2) is 25.3 Å². The first kappa shape index (κ1) is 15.3. The molecule has 2 heteroatoms. The molecule has 2 rings (SSSR count). The molecule has 0 aromatic rings. The minimum absolute atomic E-state index is 0.503. The smallest absolute Gasteiger partial charge is 0.0626 e. The lowest BCUT2D eigenvalue weighted by Crippen LogP contribution is -2.40. The number of likely N-dealkylation sites (N-methyl/N-ethyl adjacent to an activating group) is 1. The molecule has 0 bridgehead atoms. The van der Waals surface area contributed by atoms with Crippen molar-refractivity contribution >= 4 is 0 Å². The summed E-state index contributed by atoms with van der Waals surface area (Å²) in [6.45, 7) is 11.3. The van der Waals surface area contributed by atoms with Gasteiger partial charge in [0.2, 0.25) is 0 Å². The van der Waals surface area contributed by atoms with Crippen LogP contribution in [-0.2, 0) is 4.74 Å². The zero-order valence-electron chi connectivity index (χ0n) is 13.3. The Bertz CT molecular complexity index is 262. The molecule has 0 heterocycles. The molecule has 0 radical (unpaired) electrons. The highest BCUT2D eigenvalue weighted by Gasteiger charge is 2.34. The highest BCUT2D eigenvalue weighted by molar-refractivity contribution is 4.87. The van der Waals surface area contributed by atoms with Gasteiger partial charge in [0.1, 0.15) is 0 Å². The number of hydrogen-bond acceptors (Lipinski definition) is 2. The van der Waals surface area contributed by atoms with Crippen LogP contribution in [0.1, 0.15) is 59.8 Å². The Kier molecular flexibility index (Phi) is 5.70. The molecule has 0 aliphatic heterocycles. The maximum absolute atomic E-state index is 6.38. The maximum atomic E-state index is 6.38. The lowest BCUT2D eigenvalue weighted by molar-refractivity contribution is -0.0474. The predicted molar refractivity (Wildman–Crippen MR) is 81.3 cm³/mol. The zero-order chi connectivity index (χ0) is 13.8. The van der Waals surface area contributed by atoms with Gasteiger partial charge in [-0.2, -0.15) is 0 Å². The van der Waals surface area contributed by atoms with E-state index in [1.807, 2.05) is 0 Å². The monoisotopic (exact) mass is 267 g/mol. The van der Waals surface area contributed by atoms with Crippen molar-refractivity contribution in [1.29, 1.82) is 0 Å². The van der Waals surface area contributed by atoms with Crippen molar-refractivity contribution in [2.75, 3.05) is 13.2 Å². The summed E-state index contributed by atoms with van der Waals surface area (Å²) in [4.78, 5) is 0. The summed E-state index contributed by atoms with van der Waals surface area (Å²) in [5.41, 5.74) is 0. The lowest BCUT2D eigenvalue weighted by Gasteiger charge is -2.38. The average Bonchev–Trinajstić information content (AvgIpc) is 3.18. The SMILES string of the molecule is CCNC(COC1CC(C)CCC1C(C)C)C1CC1. The van der Waals surface area contributed by atoms with Crippen molar-refractivity contribution in [3.05, 3.63) is 0 Å². The normalized spacial score (nSPS) is 33.6. The van der Waals surface area contributed by atoms with E-state index >= 15 is 0 Å². The molecule has 2 aliphatic rings. The van der Waals surface area contributed by atoms with Gasteiger partial charge in [-0.15, -0.1) is 0 Å². The molecule has 0 amide bonds. The zero-order valence-corrected chi connectivity index (χ0v) is 13.3. The summed E-state index contributed by atoms with van der Waals surface area (Å²) >= 11 is 0. The first-order chi connectivity index (χ1) is 9.11. The molecule has 0 aromatic heterocycles. The fourth-order valence-electron chi connectivity index (χ4n) is 3.66. The van der Waals surface area contributed by atoms with Crippen molar-refractivity contribution < 1.29 is 4.74 Å². The van der Waals surface area contributed by atoms with E-state index in [-0.39, 0.29) is 0 Å². The van der Waals surface area contributed by atoms with Gasteiger partial charge in [-0.05, 0) is 55.9 Å². The van der Waals surface area contributed by atoms with Gasteiger partial charge in [0.25, 0.3) is 0 Å². The van der Waals surface area contributed by atoms with Crippen LogP contribution in [0.5, 0.6) is 0 Å². The van der Waals surface area contributed by atoms with Gasteiger partial charge in [-0.1, -0.05) is 34.1 Å². The number of hydrogen-bond donors (Lipinski definition) is 1. The Morgan fingerprint density at radius 1 is 1.16 bits per heavy atom. The van der Waals surface area contributed by atoms with Crippen molar-refractivity contribution in [3.8, 4) is 0 Å². The van der Waals surface area contributed by atoms with Crippen molar-refractivity contribution in [2.45, 2.75) is 71.9 Å². The van der Waals surface area contributed by atoms with Crippen LogP contribution in [0.25, 0.3) is 0 Å². The molecular formula is C17H33NO. The van der Waals surface area contributed by atoms with E-state index < -0.39 is 0 Å². The van der Waals surface area contributed by atoms with Gasteiger partial charge in [0.15, 0.2) is 0 Å². The van der Waals surface area contributed by atoms with E-state index in [1.165, 1.54) is 32.1 Å². The summed E-state index contributed by atoms with van der Waals surface area (Å²) in [6.07, 6.45) is 7.32. The molecule has 0 aromatic carbocycles. The fraction of sp³-hybridized carbons (Fsp3) is 1.00. The molecule has 2 fully saturated rings. The highest BCUT2D eigenvalue weighted by atomic mass is 16.5. The quantitative estimate of drug-likeness (QED) is 0.756. The third-order valence-corrected chi connectivity index (χ3v) is 5.11. The predicted octanol–water partition coefficient (Wildman–Crippen LogP) is 3.85. The van der Waals surface area contributed by atoms with E-state index in [2.05, 4.69) is 33.0 Å². The van der Waals surface area contributed by atoms with Crippen LogP contribution in [0.4, 0.5) is 0 Å². The first-order valence-electron chi connectivity index (χ1n) is 8.46. The van der Waals surface area contributed by atoms with E-state index in [4.69, 9.17) is 4.74 Å². The Morgan fingerprint density at radius 3 is 2.47 bits per heavy atom. The van der Waals surface area contributed by atoms with Gasteiger partial charge in [-0.25, -0.2) is 0 Å². The second-order valence-corrected chi connectivity index (χ2v) is 7.20. The van der Waals surface area contributed by atoms with Crippen LogP contribution in [0, 0.1) is 23.7 Å². The number of ether oxygens (including phenoxy) is 1. The highest BCUT2D eigenvalue weighted by Crippen LogP contribution is 2.37. The second kappa shape index (κ2) is 7.08. The minimum atomic E-state index is 0.503. The molecule has 4 unspecified atom stereocenters. The Morgan fingerprint density at radius 2 is 1.89 bits per heavy atom.